The van der Waals surface area contributed by atoms with Crippen LogP contribution in [0.3, 0.4) is 0 Å². The molecule has 23 heavy (non-hydrogen) atoms. The molecule has 5 nitrogen and oxygen atoms in total. The van der Waals surface area contributed by atoms with Crippen molar-refractivity contribution in [2.24, 2.45) is 0 Å². The van der Waals surface area contributed by atoms with Crippen LogP contribution in [-0.4, -0.2) is 46.8 Å². The van der Waals surface area contributed by atoms with Gasteiger partial charge in [0.05, 0.1) is 6.04 Å². The number of ether oxygens (including phenoxy) is 1. The van der Waals surface area contributed by atoms with E-state index < -0.39 is 5.60 Å². The molecule has 0 unspecified atom stereocenters. The molecule has 1 N–H and O–H groups in total. The van der Waals surface area contributed by atoms with Crippen LogP contribution in [-0.2, 0) is 4.74 Å². The van der Waals surface area contributed by atoms with E-state index in [4.69, 9.17) is 4.74 Å². The summed E-state index contributed by atoms with van der Waals surface area (Å²) in [6.45, 7) is 7.39. The molecule has 5 heteroatoms. The summed E-state index contributed by atoms with van der Waals surface area (Å²) in [4.78, 5) is 19.9. The number of aromatic nitrogens is 1. The Morgan fingerprint density at radius 3 is 2.74 bits per heavy atom. The molecule has 1 aromatic carbocycles. The lowest BCUT2D eigenvalue weighted by atomic mass is 10.2. The topological polar surface area (TPSA) is 48.6 Å². The van der Waals surface area contributed by atoms with Gasteiger partial charge in [-0.2, -0.15) is 0 Å². The SMILES string of the molecule is CC(C)(C)OC(=O)N1C[C@@H]2C[C@H]1CN2c1ccc2[nH]ccc2c1. The van der Waals surface area contributed by atoms with Gasteiger partial charge in [0, 0.05) is 41.9 Å². The van der Waals surface area contributed by atoms with Crippen molar-refractivity contribution in [1.29, 1.82) is 0 Å². The van der Waals surface area contributed by atoms with Gasteiger partial charge in [-0.25, -0.2) is 4.79 Å². The van der Waals surface area contributed by atoms with E-state index in [0.29, 0.717) is 6.04 Å². The van der Waals surface area contributed by atoms with Crippen molar-refractivity contribution in [1.82, 2.24) is 9.88 Å². The molecule has 0 saturated carbocycles. The maximum Gasteiger partial charge on any atom is 0.410 e. The number of fused-ring (bicyclic) bond motifs is 3. The molecule has 4 rings (SSSR count). The monoisotopic (exact) mass is 313 g/mol. The van der Waals surface area contributed by atoms with E-state index in [1.807, 2.05) is 31.9 Å². The lowest BCUT2D eigenvalue weighted by molar-refractivity contribution is 0.0215. The molecule has 1 amide bonds. The third-order valence-corrected chi connectivity index (χ3v) is 4.74. The number of rotatable bonds is 1. The molecule has 3 heterocycles. The van der Waals surface area contributed by atoms with Crippen LogP contribution in [0.25, 0.3) is 10.9 Å². The quantitative estimate of drug-likeness (QED) is 0.878. The first-order valence-electron chi connectivity index (χ1n) is 8.24. The number of hydrogen-bond donors (Lipinski definition) is 1. The zero-order valence-electron chi connectivity index (χ0n) is 13.9. The molecule has 2 aromatic rings. The third-order valence-electron chi connectivity index (χ3n) is 4.74. The second-order valence-electron chi connectivity index (χ2n) is 7.58. The van der Waals surface area contributed by atoms with Crippen molar-refractivity contribution in [2.75, 3.05) is 18.0 Å². The molecule has 2 aliphatic heterocycles. The van der Waals surface area contributed by atoms with Gasteiger partial charge in [-0.05, 0) is 51.5 Å². The van der Waals surface area contributed by atoms with Crippen LogP contribution in [0.4, 0.5) is 10.5 Å². The van der Waals surface area contributed by atoms with Gasteiger partial charge in [0.25, 0.3) is 0 Å². The van der Waals surface area contributed by atoms with E-state index >= 15 is 0 Å². The Morgan fingerprint density at radius 2 is 2.04 bits per heavy atom. The van der Waals surface area contributed by atoms with E-state index in [1.54, 1.807) is 0 Å². The maximum absolute atomic E-state index is 12.3. The van der Waals surface area contributed by atoms with Gasteiger partial charge in [0.15, 0.2) is 0 Å². The summed E-state index contributed by atoms with van der Waals surface area (Å²) < 4.78 is 5.53. The Hall–Kier alpha value is -2.17. The minimum atomic E-state index is -0.433. The van der Waals surface area contributed by atoms with E-state index in [9.17, 15) is 4.79 Å². The third kappa shape index (κ3) is 2.54. The molecule has 2 saturated heterocycles. The summed E-state index contributed by atoms with van der Waals surface area (Å²) >= 11 is 0. The number of carbonyl (C=O) groups excluding carboxylic acids is 1. The first-order valence-corrected chi connectivity index (χ1v) is 8.24. The number of carbonyl (C=O) groups is 1. The van der Waals surface area contributed by atoms with Crippen molar-refractivity contribution in [2.45, 2.75) is 44.9 Å². The van der Waals surface area contributed by atoms with Gasteiger partial charge < -0.3 is 19.5 Å². The van der Waals surface area contributed by atoms with Crippen LogP contribution < -0.4 is 4.90 Å². The molecule has 122 valence electrons. The number of hydrogen-bond acceptors (Lipinski definition) is 3. The number of benzene rings is 1. The summed E-state index contributed by atoms with van der Waals surface area (Å²) in [6, 6.07) is 9.27. The molecular weight excluding hydrogens is 290 g/mol. The number of nitrogens with one attached hydrogen (secondary N) is 1. The molecule has 2 atom stereocenters. The lowest BCUT2D eigenvalue weighted by Gasteiger charge is -2.36. The zero-order chi connectivity index (χ0) is 16.2. The van der Waals surface area contributed by atoms with Crippen LogP contribution in [0.2, 0.25) is 0 Å². The van der Waals surface area contributed by atoms with Crippen molar-refractivity contribution in [3.63, 3.8) is 0 Å². The molecule has 1 aromatic heterocycles. The van der Waals surface area contributed by atoms with Crippen molar-refractivity contribution in [3.05, 3.63) is 30.5 Å². The van der Waals surface area contributed by atoms with E-state index in [1.165, 1.54) is 11.1 Å². The van der Waals surface area contributed by atoms with Gasteiger partial charge in [-0.3, -0.25) is 0 Å². The molecule has 2 aliphatic rings. The average Bonchev–Trinajstić information content (AvgIpc) is 3.18. The highest BCUT2D eigenvalue weighted by Gasteiger charge is 2.46. The summed E-state index contributed by atoms with van der Waals surface area (Å²) in [6.07, 6.45) is 2.82. The van der Waals surface area contributed by atoms with E-state index in [0.717, 1.165) is 25.0 Å². The number of aromatic amines is 1. The predicted octanol–water partition coefficient (Wildman–Crippen LogP) is 3.37. The Kier molecular flexibility index (Phi) is 3.08. The maximum atomic E-state index is 12.3. The van der Waals surface area contributed by atoms with Gasteiger partial charge in [-0.1, -0.05) is 0 Å². The second-order valence-corrected chi connectivity index (χ2v) is 7.58. The first-order chi connectivity index (χ1) is 10.9. The Bertz CT molecular complexity index is 746. The minimum absolute atomic E-state index is 0.175. The average molecular weight is 313 g/mol. The van der Waals surface area contributed by atoms with Crippen LogP contribution in [0.1, 0.15) is 27.2 Å². The minimum Gasteiger partial charge on any atom is -0.444 e. The zero-order valence-corrected chi connectivity index (χ0v) is 13.9. The van der Waals surface area contributed by atoms with Crippen LogP contribution in [0.15, 0.2) is 30.5 Å². The Balaban J connectivity index is 1.49. The smallest absolute Gasteiger partial charge is 0.410 e. The van der Waals surface area contributed by atoms with Gasteiger partial charge in [-0.15, -0.1) is 0 Å². The summed E-state index contributed by atoms with van der Waals surface area (Å²) in [5.41, 5.74) is 1.97. The van der Waals surface area contributed by atoms with Crippen molar-refractivity contribution >= 4 is 22.7 Å². The summed E-state index contributed by atoms with van der Waals surface area (Å²) in [7, 11) is 0. The first kappa shape index (κ1) is 14.4. The number of anilines is 1. The normalized spacial score (nSPS) is 23.8. The molecule has 2 bridgehead atoms. The number of amides is 1. The van der Waals surface area contributed by atoms with Crippen molar-refractivity contribution in [3.8, 4) is 0 Å². The Morgan fingerprint density at radius 1 is 1.22 bits per heavy atom. The molecule has 0 radical (unpaired) electrons. The van der Waals surface area contributed by atoms with Gasteiger partial charge in [0.2, 0.25) is 0 Å². The van der Waals surface area contributed by atoms with Gasteiger partial charge >= 0.3 is 6.09 Å². The fraction of sp³-hybridized carbons (Fsp3) is 0.500. The molecule has 2 fully saturated rings. The number of nitrogens with zero attached hydrogens (tertiary/aromatic N) is 2. The Labute approximate surface area is 136 Å². The fourth-order valence-corrected chi connectivity index (χ4v) is 3.75. The van der Waals surface area contributed by atoms with E-state index in [2.05, 4.69) is 34.1 Å². The highest BCUT2D eigenvalue weighted by atomic mass is 16.6. The highest BCUT2D eigenvalue weighted by Crippen LogP contribution is 2.36. The number of H-pyrrole nitrogens is 1. The van der Waals surface area contributed by atoms with E-state index in [-0.39, 0.29) is 12.1 Å². The largest absolute Gasteiger partial charge is 0.444 e. The highest BCUT2D eigenvalue weighted by molar-refractivity contribution is 5.83. The van der Waals surface area contributed by atoms with Crippen LogP contribution >= 0.6 is 0 Å². The fourth-order valence-electron chi connectivity index (χ4n) is 3.75. The van der Waals surface area contributed by atoms with Crippen LogP contribution in [0.5, 0.6) is 0 Å². The van der Waals surface area contributed by atoms with Crippen LogP contribution in [0, 0.1) is 0 Å². The molecule has 0 spiro atoms. The molecular formula is C18H23N3O2. The lowest BCUT2D eigenvalue weighted by Crippen LogP contribution is -2.50. The number of likely N-dealkylation sites (tertiary alicyclic amines) is 1. The standard InChI is InChI=1S/C18H23N3O2/c1-18(2,3)23-17(22)21-11-14-9-15(21)10-20(14)13-4-5-16-12(8-13)6-7-19-16/h4-8,14-15,19H,9-11H2,1-3H3/t14-,15-/m0/s1. The molecule has 0 aliphatic carbocycles. The van der Waals surface area contributed by atoms with Crippen molar-refractivity contribution < 1.29 is 9.53 Å². The summed E-state index contributed by atoms with van der Waals surface area (Å²) in [5, 5.41) is 1.23. The summed E-state index contributed by atoms with van der Waals surface area (Å²) in [5.74, 6) is 0. The predicted molar refractivity (Wildman–Crippen MR) is 90.8 cm³/mol. The number of piperazine rings is 1. The van der Waals surface area contributed by atoms with Gasteiger partial charge in [0.1, 0.15) is 5.60 Å². The second kappa shape index (κ2) is 4.91.